The lowest BCUT2D eigenvalue weighted by molar-refractivity contribution is -0.385. The van der Waals surface area contributed by atoms with E-state index in [0.29, 0.717) is 5.75 Å². The topological polar surface area (TPSA) is 155 Å². The number of aromatic nitrogens is 2. The van der Waals surface area contributed by atoms with Crippen molar-refractivity contribution >= 4 is 23.5 Å². The molecule has 2 heterocycles. The van der Waals surface area contributed by atoms with Crippen LogP contribution in [0.5, 0.6) is 11.6 Å². The van der Waals surface area contributed by atoms with Gasteiger partial charge in [-0.2, -0.15) is 5.10 Å². The number of carbonyl (C=O) groups is 1. The number of benzene rings is 2. The van der Waals surface area contributed by atoms with E-state index in [9.17, 15) is 25.0 Å². The number of rotatable bonds is 8. The molecule has 0 spiro atoms. The number of ether oxygens (including phenoxy) is 1. The molecule has 12 heteroatoms. The van der Waals surface area contributed by atoms with Crippen molar-refractivity contribution in [3.63, 3.8) is 0 Å². The van der Waals surface area contributed by atoms with Gasteiger partial charge < -0.3 is 9.30 Å². The van der Waals surface area contributed by atoms with Crippen LogP contribution in [0.3, 0.4) is 0 Å². The number of nitro groups is 2. The smallest absolute Gasteiger partial charge is 0.287 e. The van der Waals surface area contributed by atoms with E-state index in [0.717, 1.165) is 28.8 Å². The second kappa shape index (κ2) is 10.5. The molecule has 0 radical (unpaired) electrons. The molecule has 0 bridgehead atoms. The molecule has 2 aromatic heterocycles. The van der Waals surface area contributed by atoms with Crippen LogP contribution in [0.15, 0.2) is 78.0 Å². The number of amides is 1. The minimum atomic E-state index is -0.569. The van der Waals surface area contributed by atoms with Gasteiger partial charge in [0.05, 0.1) is 16.1 Å². The van der Waals surface area contributed by atoms with E-state index in [2.05, 4.69) is 15.5 Å². The van der Waals surface area contributed by atoms with Crippen LogP contribution >= 0.6 is 0 Å². The summed E-state index contributed by atoms with van der Waals surface area (Å²) in [6.45, 7) is 3.83. The number of nitro benzene ring substituents is 1. The number of aryl methyl sites for hydroxylation is 1. The fraction of sp³-hybridized carbons (Fsp3) is 0.0800. The van der Waals surface area contributed by atoms with Crippen LogP contribution in [0.2, 0.25) is 0 Å². The first-order chi connectivity index (χ1) is 17.7. The SMILES string of the molecule is Cc1cc(/C=N\NC(=O)c2cccc([N+](=O)[O-])c2)c(C)n1-c1ccc(Oc2ccc([N+](=O)[O-])cn2)cc1. The Balaban J connectivity index is 1.45. The third-order valence-electron chi connectivity index (χ3n) is 5.41. The summed E-state index contributed by atoms with van der Waals surface area (Å²) in [5.74, 6) is 0.183. The van der Waals surface area contributed by atoms with Crippen molar-refractivity contribution in [2.75, 3.05) is 0 Å². The molecule has 4 rings (SSSR count). The summed E-state index contributed by atoms with van der Waals surface area (Å²) < 4.78 is 7.66. The fourth-order valence-electron chi connectivity index (χ4n) is 3.63. The van der Waals surface area contributed by atoms with Crippen LogP contribution in [-0.2, 0) is 0 Å². The molecule has 37 heavy (non-hydrogen) atoms. The summed E-state index contributed by atoms with van der Waals surface area (Å²) in [5.41, 5.74) is 5.64. The summed E-state index contributed by atoms with van der Waals surface area (Å²) in [5, 5.41) is 25.7. The predicted octanol–water partition coefficient (Wildman–Crippen LogP) is 4.86. The number of nitrogens with zero attached hydrogens (tertiary/aromatic N) is 5. The molecule has 0 aliphatic heterocycles. The highest BCUT2D eigenvalue weighted by atomic mass is 16.6. The van der Waals surface area contributed by atoms with Crippen LogP contribution in [0.25, 0.3) is 5.69 Å². The molecular formula is C25H20N6O6. The standard InChI is InChI=1S/C25H20N6O6/c1-16-12-19(14-27-28-25(32)18-4-3-5-21(13-18)30(33)34)17(2)29(16)20-6-9-23(10-7-20)37-24-11-8-22(15-26-24)31(35)36/h3-15H,1-2H3,(H,28,32)/b27-14-. The van der Waals surface area contributed by atoms with Gasteiger partial charge in [-0.25, -0.2) is 10.4 Å². The number of pyridine rings is 1. The van der Waals surface area contributed by atoms with Crippen LogP contribution in [0, 0.1) is 34.1 Å². The molecule has 1 amide bonds. The molecule has 12 nitrogen and oxygen atoms in total. The highest BCUT2D eigenvalue weighted by molar-refractivity contribution is 5.95. The van der Waals surface area contributed by atoms with E-state index >= 15 is 0 Å². The normalized spacial score (nSPS) is 10.9. The Kier molecular flexibility index (Phi) is 7.00. The molecule has 0 aliphatic rings. The Morgan fingerprint density at radius 1 is 1.00 bits per heavy atom. The third-order valence-corrected chi connectivity index (χ3v) is 5.41. The maximum atomic E-state index is 12.3. The zero-order valence-electron chi connectivity index (χ0n) is 19.7. The molecule has 0 aliphatic carbocycles. The zero-order valence-corrected chi connectivity index (χ0v) is 19.7. The lowest BCUT2D eigenvalue weighted by Crippen LogP contribution is -2.17. The molecule has 0 fully saturated rings. The Morgan fingerprint density at radius 2 is 1.73 bits per heavy atom. The van der Waals surface area contributed by atoms with Crippen molar-refractivity contribution in [1.82, 2.24) is 15.0 Å². The van der Waals surface area contributed by atoms with Crippen molar-refractivity contribution in [2.45, 2.75) is 13.8 Å². The second-order valence-electron chi connectivity index (χ2n) is 7.88. The summed E-state index contributed by atoms with van der Waals surface area (Å²) >= 11 is 0. The van der Waals surface area contributed by atoms with Crippen molar-refractivity contribution < 1.29 is 19.4 Å². The molecular weight excluding hydrogens is 480 g/mol. The van der Waals surface area contributed by atoms with Gasteiger partial charge in [0, 0.05) is 52.5 Å². The van der Waals surface area contributed by atoms with Gasteiger partial charge in [0.2, 0.25) is 5.88 Å². The Bertz CT molecular complexity index is 1510. The van der Waals surface area contributed by atoms with Gasteiger partial charge >= 0.3 is 0 Å². The maximum absolute atomic E-state index is 12.3. The highest BCUT2D eigenvalue weighted by Gasteiger charge is 2.13. The van der Waals surface area contributed by atoms with Gasteiger partial charge in [-0.1, -0.05) is 6.07 Å². The lowest BCUT2D eigenvalue weighted by Gasteiger charge is -2.11. The monoisotopic (exact) mass is 500 g/mol. The minimum absolute atomic E-state index is 0.121. The average molecular weight is 500 g/mol. The van der Waals surface area contributed by atoms with Crippen LogP contribution in [0.4, 0.5) is 11.4 Å². The van der Waals surface area contributed by atoms with Gasteiger partial charge in [-0.15, -0.1) is 0 Å². The van der Waals surface area contributed by atoms with E-state index in [1.54, 1.807) is 12.1 Å². The van der Waals surface area contributed by atoms with E-state index in [-0.39, 0.29) is 22.8 Å². The zero-order chi connectivity index (χ0) is 26.5. The van der Waals surface area contributed by atoms with Crippen molar-refractivity contribution in [3.8, 4) is 17.3 Å². The lowest BCUT2D eigenvalue weighted by atomic mass is 10.2. The van der Waals surface area contributed by atoms with Crippen molar-refractivity contribution in [3.05, 3.63) is 116 Å². The number of nitrogens with one attached hydrogen (secondary N) is 1. The van der Waals surface area contributed by atoms with Gasteiger partial charge in [-0.3, -0.25) is 25.0 Å². The molecule has 2 aromatic carbocycles. The number of carbonyl (C=O) groups excluding carboxylic acids is 1. The molecule has 1 N–H and O–H groups in total. The van der Waals surface area contributed by atoms with Crippen molar-refractivity contribution in [1.29, 1.82) is 0 Å². The van der Waals surface area contributed by atoms with Gasteiger partial charge in [0.15, 0.2) is 0 Å². The summed E-state index contributed by atoms with van der Waals surface area (Å²) in [6.07, 6.45) is 2.64. The van der Waals surface area contributed by atoms with Gasteiger partial charge in [-0.05, 0) is 50.2 Å². The van der Waals surface area contributed by atoms with Gasteiger partial charge in [0.25, 0.3) is 17.3 Å². The van der Waals surface area contributed by atoms with Crippen LogP contribution < -0.4 is 10.2 Å². The first-order valence-electron chi connectivity index (χ1n) is 10.9. The quantitative estimate of drug-likeness (QED) is 0.206. The van der Waals surface area contributed by atoms with Crippen LogP contribution in [0.1, 0.15) is 27.3 Å². The Hall–Kier alpha value is -5.39. The number of hydrazone groups is 1. The van der Waals surface area contributed by atoms with E-state index in [1.807, 2.05) is 36.6 Å². The average Bonchev–Trinajstić information content (AvgIpc) is 3.17. The van der Waals surface area contributed by atoms with E-state index < -0.39 is 15.8 Å². The molecule has 186 valence electrons. The number of non-ortho nitro benzene ring substituents is 1. The number of hydrogen-bond acceptors (Lipinski definition) is 8. The Labute approximate surface area is 210 Å². The van der Waals surface area contributed by atoms with E-state index in [1.165, 1.54) is 42.6 Å². The maximum Gasteiger partial charge on any atom is 0.287 e. The molecule has 0 unspecified atom stereocenters. The van der Waals surface area contributed by atoms with Gasteiger partial charge in [0.1, 0.15) is 11.9 Å². The largest absolute Gasteiger partial charge is 0.439 e. The third kappa shape index (κ3) is 5.65. The molecule has 0 atom stereocenters. The fourth-order valence-corrected chi connectivity index (χ4v) is 3.63. The molecule has 0 saturated carbocycles. The highest BCUT2D eigenvalue weighted by Crippen LogP contribution is 2.25. The summed E-state index contributed by atoms with van der Waals surface area (Å²) in [7, 11) is 0. The van der Waals surface area contributed by atoms with Crippen molar-refractivity contribution in [2.24, 2.45) is 5.10 Å². The number of hydrogen-bond donors (Lipinski definition) is 1. The molecule has 4 aromatic rings. The first-order valence-corrected chi connectivity index (χ1v) is 10.9. The Morgan fingerprint density at radius 3 is 2.38 bits per heavy atom. The minimum Gasteiger partial charge on any atom is -0.439 e. The molecule has 0 saturated heterocycles. The summed E-state index contributed by atoms with van der Waals surface area (Å²) in [6, 6.07) is 17.3. The first kappa shape index (κ1) is 24.7. The van der Waals surface area contributed by atoms with E-state index in [4.69, 9.17) is 4.74 Å². The summed E-state index contributed by atoms with van der Waals surface area (Å²) in [4.78, 5) is 36.8. The second-order valence-corrected chi connectivity index (χ2v) is 7.88. The predicted molar refractivity (Wildman–Crippen MR) is 134 cm³/mol. The van der Waals surface area contributed by atoms with Crippen LogP contribution in [-0.4, -0.2) is 31.5 Å².